The van der Waals surface area contributed by atoms with E-state index in [1.165, 1.54) is 0 Å². The summed E-state index contributed by atoms with van der Waals surface area (Å²) in [5.74, 6) is 0. The average molecular weight is 466 g/mol. The Hall–Kier alpha value is 5.69. The third-order valence-corrected chi connectivity index (χ3v) is 0. The van der Waals surface area contributed by atoms with Crippen LogP contribution in [0.15, 0.2) is 0 Å². The third-order valence-electron chi connectivity index (χ3n) is 0. The summed E-state index contributed by atoms with van der Waals surface area (Å²) in [4.78, 5) is 0. The van der Waals surface area contributed by atoms with Crippen LogP contribution in [0, 0.1) is 0 Å². The standard InChI is InChI=1S/Al.Ca.9ClH.Fe.Mg/h;;9*1H;;/q+3;+2;;;;;;;;;;2*+2/p-9. The smallest absolute Gasteiger partial charge is 1.00 e. The molecule has 13 heteroatoms. The van der Waals surface area contributed by atoms with Crippen molar-refractivity contribution in [2.24, 2.45) is 0 Å². The van der Waals surface area contributed by atoms with Crippen molar-refractivity contribution >= 4 is 78.2 Å². The second-order valence-electron chi connectivity index (χ2n) is 0. The molecular weight excluding hydrogens is 466 g/mol. The van der Waals surface area contributed by atoms with Gasteiger partial charge in [-0.05, 0) is 0 Å². The van der Waals surface area contributed by atoms with Crippen LogP contribution >= 0.6 is 0 Å². The van der Waals surface area contributed by atoms with E-state index in [2.05, 4.69) is 0 Å². The van der Waals surface area contributed by atoms with E-state index in [0.29, 0.717) is 0 Å². The predicted molar refractivity (Wildman–Crippen MR) is 17.3 cm³/mol. The molecule has 0 atom stereocenters. The Morgan fingerprint density at radius 3 is 0.385 bits per heavy atom. The van der Waals surface area contributed by atoms with Crippen LogP contribution in [0.3, 0.4) is 0 Å². The SMILES string of the molecule is [Al+3].[Ca+2].[Cl-].[Cl-].[Cl-].[Cl-].[Cl-].[Cl-].[Cl-].[Cl-].[Cl-].[Fe+2].[Mg+2]. The van der Waals surface area contributed by atoms with Crippen molar-refractivity contribution in [3.8, 4) is 0 Å². The van der Waals surface area contributed by atoms with Gasteiger partial charge in [0, 0.05) is 0 Å². The van der Waals surface area contributed by atoms with Crippen molar-refractivity contribution in [1.29, 1.82) is 0 Å². The molecule has 0 aliphatic carbocycles. The molecule has 0 spiro atoms. The molecule has 0 radical (unpaired) electrons. The van der Waals surface area contributed by atoms with E-state index in [9.17, 15) is 0 Å². The van der Waals surface area contributed by atoms with Crippen LogP contribution in [-0.2, 0) is 17.1 Å². The van der Waals surface area contributed by atoms with E-state index in [4.69, 9.17) is 0 Å². The van der Waals surface area contributed by atoms with Crippen LogP contribution in [0.2, 0.25) is 0 Å². The first kappa shape index (κ1) is 181. The maximum absolute atomic E-state index is 0. The molecule has 0 aromatic heterocycles. The fourth-order valence-corrected chi connectivity index (χ4v) is 0. The minimum Gasteiger partial charge on any atom is -1.00 e. The molecule has 13 heavy (non-hydrogen) atoms. The van der Waals surface area contributed by atoms with Crippen molar-refractivity contribution < 1.29 is 129 Å². The van der Waals surface area contributed by atoms with E-state index >= 15 is 0 Å². The summed E-state index contributed by atoms with van der Waals surface area (Å²) in [6.45, 7) is 0. The maximum atomic E-state index is 0. The molecule has 0 heterocycles. The van der Waals surface area contributed by atoms with Crippen LogP contribution in [0.5, 0.6) is 0 Å². The molecule has 0 saturated heterocycles. The Kier molecular flexibility index (Phi) is 2120. The summed E-state index contributed by atoms with van der Waals surface area (Å²) >= 11 is 0. The summed E-state index contributed by atoms with van der Waals surface area (Å²) in [7, 11) is 0. The zero-order valence-corrected chi connectivity index (χ0v) is 18.4. The molecule has 0 aromatic carbocycles. The van der Waals surface area contributed by atoms with Crippen LogP contribution in [-0.4, -0.2) is 78.2 Å². The monoisotopic (exact) mass is 462 g/mol. The normalized spacial score (nSPS) is 0. The minimum absolute atomic E-state index is 0. The van der Waals surface area contributed by atoms with Gasteiger partial charge < -0.3 is 112 Å². The van der Waals surface area contributed by atoms with Gasteiger partial charge in [-0.3, -0.25) is 0 Å². The Labute approximate surface area is 203 Å². The fourth-order valence-electron chi connectivity index (χ4n) is 0. The van der Waals surface area contributed by atoms with Gasteiger partial charge in [-0.25, -0.2) is 0 Å². The molecule has 0 nitrogen and oxygen atoms in total. The second kappa shape index (κ2) is 152. The molecule has 0 rings (SSSR count). The summed E-state index contributed by atoms with van der Waals surface area (Å²) in [6, 6.07) is 0. The first-order valence-electron chi connectivity index (χ1n) is 0. The van der Waals surface area contributed by atoms with Crippen LogP contribution < -0.4 is 112 Å². The van der Waals surface area contributed by atoms with E-state index in [1.807, 2.05) is 0 Å². The number of hydrogen-bond acceptors (Lipinski definition) is 0. The zero-order valence-electron chi connectivity index (χ0n) is 5.75. The van der Waals surface area contributed by atoms with Gasteiger partial charge >= 0.3 is 95.2 Å². The van der Waals surface area contributed by atoms with Crippen molar-refractivity contribution in [1.82, 2.24) is 0 Å². The van der Waals surface area contributed by atoms with Crippen LogP contribution in [0.4, 0.5) is 0 Å². The first-order valence-corrected chi connectivity index (χ1v) is 0. The average Bonchev–Trinajstić information content (AvgIpc) is 0. The van der Waals surface area contributed by atoms with Gasteiger partial charge in [-0.15, -0.1) is 0 Å². The molecule has 0 aliphatic heterocycles. The van der Waals surface area contributed by atoms with Crippen LogP contribution in [0.25, 0.3) is 0 Å². The maximum Gasteiger partial charge on any atom is 3.00 e. The van der Waals surface area contributed by atoms with Gasteiger partial charge in [0.15, 0.2) is 0 Å². The molecule has 0 bridgehead atoms. The van der Waals surface area contributed by atoms with Crippen molar-refractivity contribution in [2.75, 3.05) is 0 Å². The fraction of sp³-hybridized carbons (Fsp3) is 0. The van der Waals surface area contributed by atoms with Gasteiger partial charge in [0.1, 0.15) is 0 Å². The summed E-state index contributed by atoms with van der Waals surface area (Å²) in [6.07, 6.45) is 0. The Morgan fingerprint density at radius 1 is 0.385 bits per heavy atom. The van der Waals surface area contributed by atoms with Gasteiger partial charge in [0.25, 0.3) is 0 Å². The first-order chi connectivity index (χ1) is 0. The van der Waals surface area contributed by atoms with Crippen molar-refractivity contribution in [2.45, 2.75) is 0 Å². The van der Waals surface area contributed by atoms with Gasteiger partial charge in [0.05, 0.1) is 0 Å². The largest absolute Gasteiger partial charge is 3.00 e. The quantitative estimate of drug-likeness (QED) is 0.312. The molecule has 0 amide bonds. The number of hydrogen-bond donors (Lipinski definition) is 0. The summed E-state index contributed by atoms with van der Waals surface area (Å²) in [5, 5.41) is 0. The summed E-state index contributed by atoms with van der Waals surface area (Å²) < 4.78 is 0. The van der Waals surface area contributed by atoms with Crippen LogP contribution in [0.1, 0.15) is 0 Å². The van der Waals surface area contributed by atoms with E-state index in [0.717, 1.165) is 0 Å². The molecule has 0 unspecified atom stereocenters. The molecule has 0 aliphatic rings. The van der Waals surface area contributed by atoms with E-state index in [1.54, 1.807) is 0 Å². The second-order valence-corrected chi connectivity index (χ2v) is 0. The van der Waals surface area contributed by atoms with Crippen molar-refractivity contribution in [3.63, 3.8) is 0 Å². The predicted octanol–water partition coefficient (Wildman–Crippen LogP) is -28.1. The number of halogens is 9. The van der Waals surface area contributed by atoms with E-state index < -0.39 is 0 Å². The van der Waals surface area contributed by atoms with Gasteiger partial charge in [-0.1, -0.05) is 0 Å². The van der Waals surface area contributed by atoms with Crippen molar-refractivity contribution in [3.05, 3.63) is 0 Å². The van der Waals surface area contributed by atoms with Gasteiger partial charge in [-0.2, -0.15) is 0 Å². The minimum atomic E-state index is 0. The molecule has 0 saturated carbocycles. The molecule has 78 valence electrons. The molecule has 0 aromatic rings. The Balaban J connectivity index is 0. The Bertz CT molecular complexity index is 19.6. The number of rotatable bonds is 0. The Morgan fingerprint density at radius 2 is 0.385 bits per heavy atom. The zero-order chi connectivity index (χ0) is 0. The molecular formula is AlCaCl9FeMg. The third kappa shape index (κ3) is 135. The molecule has 0 fully saturated rings. The molecule has 0 N–H and O–H groups in total. The topological polar surface area (TPSA) is 0 Å². The summed E-state index contributed by atoms with van der Waals surface area (Å²) in [5.41, 5.74) is 0. The van der Waals surface area contributed by atoms with Gasteiger partial charge in [0.2, 0.25) is 0 Å². The van der Waals surface area contributed by atoms with E-state index in [-0.39, 0.29) is 207 Å².